The van der Waals surface area contributed by atoms with E-state index in [1.807, 2.05) is 12.1 Å². The number of piperidine rings is 1. The molecule has 3 heterocycles. The van der Waals surface area contributed by atoms with Gasteiger partial charge in [-0.25, -0.2) is 9.37 Å². The van der Waals surface area contributed by atoms with Crippen LogP contribution in [0.3, 0.4) is 0 Å². The number of hydrogen-bond donors (Lipinski definition) is 3. The summed E-state index contributed by atoms with van der Waals surface area (Å²) in [6, 6.07) is 5.17. The van der Waals surface area contributed by atoms with E-state index >= 15 is 0 Å². The summed E-state index contributed by atoms with van der Waals surface area (Å²) in [5.41, 5.74) is 1.30. The van der Waals surface area contributed by atoms with Crippen molar-refractivity contribution < 1.29 is 22.4 Å². The SMILES string of the molecule is CN1C(C(=O)Nc2ccc(F)c(Cl)c2)CC(C(=O)NC2CCN(Cc3cccnc3Br)CC2)NS1(=O)=O. The highest BCUT2D eigenvalue weighted by Gasteiger charge is 2.43. The van der Waals surface area contributed by atoms with E-state index < -0.39 is 39.9 Å². The predicted octanol–water partition coefficient (Wildman–Crippen LogP) is 2.26. The van der Waals surface area contributed by atoms with Crippen molar-refractivity contribution in [2.45, 2.75) is 43.9 Å². The van der Waals surface area contributed by atoms with E-state index in [9.17, 15) is 22.4 Å². The lowest BCUT2D eigenvalue weighted by atomic mass is 10.0. The first kappa shape index (κ1) is 27.9. The fourth-order valence-corrected chi connectivity index (χ4v) is 6.20. The molecular weight excluding hydrogens is 591 g/mol. The van der Waals surface area contributed by atoms with Crippen molar-refractivity contribution in [1.29, 1.82) is 0 Å². The molecule has 4 rings (SSSR count). The number of likely N-dealkylation sites (N-methyl/N-ethyl adjacent to an activating group) is 1. The number of nitrogens with one attached hydrogen (secondary N) is 3. The zero-order chi connectivity index (χ0) is 26.7. The first-order chi connectivity index (χ1) is 17.5. The van der Waals surface area contributed by atoms with Crippen LogP contribution >= 0.6 is 27.5 Å². The molecule has 1 aromatic carbocycles. The van der Waals surface area contributed by atoms with Gasteiger partial charge in [0.2, 0.25) is 11.8 Å². The zero-order valence-electron chi connectivity index (χ0n) is 20.0. The summed E-state index contributed by atoms with van der Waals surface area (Å²) >= 11 is 9.23. The van der Waals surface area contributed by atoms with Crippen LogP contribution in [-0.2, 0) is 26.3 Å². The van der Waals surface area contributed by atoms with Gasteiger partial charge >= 0.3 is 0 Å². The van der Waals surface area contributed by atoms with Gasteiger partial charge in [0.05, 0.1) is 5.02 Å². The predicted molar refractivity (Wildman–Crippen MR) is 140 cm³/mol. The fraction of sp³-hybridized carbons (Fsp3) is 0.435. The van der Waals surface area contributed by atoms with Gasteiger partial charge in [0.1, 0.15) is 22.5 Å². The van der Waals surface area contributed by atoms with E-state index in [-0.39, 0.29) is 23.2 Å². The van der Waals surface area contributed by atoms with Gasteiger partial charge in [-0.3, -0.25) is 14.5 Å². The van der Waals surface area contributed by atoms with Gasteiger partial charge in [0, 0.05) is 44.6 Å². The van der Waals surface area contributed by atoms with Gasteiger partial charge < -0.3 is 10.6 Å². The summed E-state index contributed by atoms with van der Waals surface area (Å²) in [4.78, 5) is 32.4. The number of halogens is 3. The summed E-state index contributed by atoms with van der Waals surface area (Å²) in [5, 5.41) is 5.30. The monoisotopic (exact) mass is 616 g/mol. The van der Waals surface area contributed by atoms with Crippen molar-refractivity contribution in [1.82, 2.24) is 24.2 Å². The minimum Gasteiger partial charge on any atom is -0.352 e. The summed E-state index contributed by atoms with van der Waals surface area (Å²) < 4.78 is 42.8. The normalized spacial score (nSPS) is 22.9. The Hall–Kier alpha value is -2.16. The molecule has 2 atom stereocenters. The molecule has 2 amide bonds. The molecule has 1 aromatic heterocycles. The second-order valence-corrected chi connectivity index (χ2v) is 12.0. The summed E-state index contributed by atoms with van der Waals surface area (Å²) in [7, 11) is -2.83. The molecule has 2 aliphatic rings. The molecule has 14 heteroatoms. The molecule has 10 nitrogen and oxygen atoms in total. The van der Waals surface area contributed by atoms with E-state index in [0.29, 0.717) is 12.8 Å². The fourth-order valence-electron chi connectivity index (χ4n) is 4.40. The molecular formula is C23H27BrClFN6O4S. The van der Waals surface area contributed by atoms with Crippen molar-refractivity contribution in [3.63, 3.8) is 0 Å². The van der Waals surface area contributed by atoms with Crippen LogP contribution in [0.25, 0.3) is 0 Å². The second kappa shape index (κ2) is 11.7. The van der Waals surface area contributed by atoms with Crippen molar-refractivity contribution in [2.75, 3.05) is 25.5 Å². The van der Waals surface area contributed by atoms with Crippen molar-refractivity contribution in [3.8, 4) is 0 Å². The number of hydrogen-bond acceptors (Lipinski definition) is 6. The van der Waals surface area contributed by atoms with E-state index in [0.717, 1.165) is 40.2 Å². The van der Waals surface area contributed by atoms with E-state index in [1.54, 1.807) is 6.20 Å². The lowest BCUT2D eigenvalue weighted by Gasteiger charge is -2.37. The molecule has 0 spiro atoms. The van der Waals surface area contributed by atoms with Crippen molar-refractivity contribution in [2.24, 2.45) is 0 Å². The number of rotatable bonds is 6. The molecule has 2 aliphatic heterocycles. The maximum Gasteiger partial charge on any atom is 0.280 e. The molecule has 2 saturated heterocycles. The Bertz CT molecular complexity index is 1280. The van der Waals surface area contributed by atoms with Gasteiger partial charge in [-0.15, -0.1) is 0 Å². The number of aromatic nitrogens is 1. The molecule has 200 valence electrons. The molecule has 2 aromatic rings. The number of anilines is 1. The van der Waals surface area contributed by atoms with Crippen LogP contribution in [0.4, 0.5) is 10.1 Å². The summed E-state index contributed by atoms with van der Waals surface area (Å²) in [6.45, 7) is 2.26. The Morgan fingerprint density at radius 3 is 2.65 bits per heavy atom. The van der Waals surface area contributed by atoms with Gasteiger partial charge in [-0.2, -0.15) is 17.4 Å². The summed E-state index contributed by atoms with van der Waals surface area (Å²) in [6.07, 6.45) is 3.06. The lowest BCUT2D eigenvalue weighted by Crippen LogP contribution is -2.63. The molecule has 2 unspecified atom stereocenters. The summed E-state index contributed by atoms with van der Waals surface area (Å²) in [5.74, 6) is -1.77. The molecule has 2 fully saturated rings. The standard InChI is InChI=1S/C23H27BrClFN6O4S/c1-31-20(23(34)29-16-4-5-18(26)17(25)11-16)12-19(30-37(31,35)36)22(33)28-15-6-9-32(10-7-15)13-14-3-2-8-27-21(14)24/h2-5,8,11,15,19-20,30H,6-7,9-10,12-13H2,1H3,(H,28,33)(H,29,34). The van der Waals surface area contributed by atoms with E-state index in [2.05, 4.69) is 41.2 Å². The third-order valence-corrected chi connectivity index (χ3v) is 9.14. The van der Waals surface area contributed by atoms with E-state index in [4.69, 9.17) is 11.6 Å². The lowest BCUT2D eigenvalue weighted by molar-refractivity contribution is -0.125. The molecule has 0 saturated carbocycles. The van der Waals surface area contributed by atoms with Crippen molar-refractivity contribution in [3.05, 3.63) is 57.5 Å². The van der Waals surface area contributed by atoms with Crippen LogP contribution in [0.2, 0.25) is 5.02 Å². The van der Waals surface area contributed by atoms with Gasteiger partial charge in [-0.1, -0.05) is 17.7 Å². The number of amides is 2. The molecule has 37 heavy (non-hydrogen) atoms. The maximum atomic E-state index is 13.4. The van der Waals surface area contributed by atoms with Crippen LogP contribution < -0.4 is 15.4 Å². The number of nitrogens with zero attached hydrogens (tertiary/aromatic N) is 3. The third kappa shape index (κ3) is 6.84. The highest BCUT2D eigenvalue weighted by atomic mass is 79.9. The Morgan fingerprint density at radius 1 is 1.24 bits per heavy atom. The van der Waals surface area contributed by atoms with Gasteiger partial charge in [0.15, 0.2) is 0 Å². The molecule has 0 aliphatic carbocycles. The Balaban J connectivity index is 1.34. The van der Waals surface area contributed by atoms with Crippen molar-refractivity contribution >= 4 is 55.2 Å². The minimum atomic E-state index is -4.09. The van der Waals surface area contributed by atoms with Crippen LogP contribution in [0.15, 0.2) is 41.1 Å². The zero-order valence-corrected chi connectivity index (χ0v) is 23.1. The number of benzene rings is 1. The molecule has 3 N–H and O–H groups in total. The number of likely N-dealkylation sites (tertiary alicyclic amines) is 1. The third-order valence-electron chi connectivity index (χ3n) is 6.54. The number of carbonyl (C=O) groups is 2. The van der Waals surface area contributed by atoms with Crippen LogP contribution in [-0.4, -0.2) is 72.7 Å². The second-order valence-electron chi connectivity index (χ2n) is 9.07. The van der Waals surface area contributed by atoms with Crippen LogP contribution in [0.1, 0.15) is 24.8 Å². The highest BCUT2D eigenvalue weighted by molar-refractivity contribution is 9.10. The first-order valence-corrected chi connectivity index (χ1v) is 14.3. The average Bonchev–Trinajstić information content (AvgIpc) is 2.85. The largest absolute Gasteiger partial charge is 0.352 e. The Kier molecular flexibility index (Phi) is 8.81. The maximum absolute atomic E-state index is 13.4. The molecule has 0 radical (unpaired) electrons. The topological polar surface area (TPSA) is 124 Å². The Labute approximate surface area is 228 Å². The number of pyridine rings is 1. The van der Waals surface area contributed by atoms with Gasteiger partial charge in [0.25, 0.3) is 10.2 Å². The average molecular weight is 618 g/mol. The quantitative estimate of drug-likeness (QED) is 0.428. The van der Waals surface area contributed by atoms with Crippen LogP contribution in [0.5, 0.6) is 0 Å². The first-order valence-electron chi connectivity index (χ1n) is 11.7. The molecule has 0 bridgehead atoms. The number of carbonyl (C=O) groups excluding carboxylic acids is 2. The Morgan fingerprint density at radius 2 is 1.97 bits per heavy atom. The smallest absolute Gasteiger partial charge is 0.280 e. The highest BCUT2D eigenvalue weighted by Crippen LogP contribution is 2.23. The van der Waals surface area contributed by atoms with Crippen LogP contribution in [0, 0.1) is 5.82 Å². The van der Waals surface area contributed by atoms with Gasteiger partial charge in [-0.05, 0) is 65.0 Å². The minimum absolute atomic E-state index is 0.0732. The van der Waals surface area contributed by atoms with E-state index in [1.165, 1.54) is 19.2 Å².